The van der Waals surface area contributed by atoms with Gasteiger partial charge >= 0.3 is 6.18 Å². The second-order valence-electron chi connectivity index (χ2n) is 8.63. The number of thiocarbonyl (C=S) groups is 1. The van der Waals surface area contributed by atoms with Gasteiger partial charge in [0.2, 0.25) is 0 Å². The largest absolute Gasteiger partial charge is 0.493 e. The Morgan fingerprint density at radius 2 is 1.68 bits per heavy atom. The number of hydrogen-bond acceptors (Lipinski definition) is 7. The molecule has 38 heavy (non-hydrogen) atoms. The summed E-state index contributed by atoms with van der Waals surface area (Å²) in [6.07, 6.45) is -4.59. The van der Waals surface area contributed by atoms with Gasteiger partial charge in [0.05, 0.1) is 14.2 Å². The zero-order valence-electron chi connectivity index (χ0n) is 20.5. The minimum atomic E-state index is -4.71. The van der Waals surface area contributed by atoms with Crippen LogP contribution in [0.4, 0.5) is 13.2 Å². The van der Waals surface area contributed by atoms with Gasteiger partial charge in [0.1, 0.15) is 17.4 Å². The lowest BCUT2D eigenvalue weighted by molar-refractivity contribution is -0.146. The van der Waals surface area contributed by atoms with Crippen LogP contribution >= 0.6 is 12.2 Å². The van der Waals surface area contributed by atoms with E-state index < -0.39 is 35.4 Å². The smallest absolute Gasteiger partial charge is 0.420 e. The fraction of sp³-hybridized carbons (Fsp3) is 0.259. The van der Waals surface area contributed by atoms with Gasteiger partial charge in [0.25, 0.3) is 5.91 Å². The number of carbonyl (C=O) groups is 1. The lowest BCUT2D eigenvalue weighted by atomic mass is 9.94. The van der Waals surface area contributed by atoms with Crippen molar-refractivity contribution >= 4 is 23.0 Å². The first-order chi connectivity index (χ1) is 18.2. The first-order valence-electron chi connectivity index (χ1n) is 11.6. The minimum absolute atomic E-state index is 0.104. The van der Waals surface area contributed by atoms with E-state index in [4.69, 9.17) is 26.5 Å². The molecule has 0 unspecified atom stereocenters. The van der Waals surface area contributed by atoms with E-state index in [2.05, 4.69) is 0 Å². The van der Waals surface area contributed by atoms with Crippen LogP contribution in [-0.2, 0) is 11.0 Å². The highest BCUT2D eigenvalue weighted by atomic mass is 32.1. The molecule has 11 heteroatoms. The van der Waals surface area contributed by atoms with E-state index in [0.29, 0.717) is 5.75 Å². The van der Waals surface area contributed by atoms with Crippen molar-refractivity contribution in [3.8, 4) is 28.4 Å². The van der Waals surface area contributed by atoms with Gasteiger partial charge in [0, 0.05) is 17.3 Å². The predicted molar refractivity (Wildman–Crippen MR) is 137 cm³/mol. The molecule has 0 aromatic heterocycles. The molecule has 0 saturated carbocycles. The number of alkyl halides is 3. The van der Waals surface area contributed by atoms with Gasteiger partial charge in [-0.25, -0.2) is 5.48 Å². The fourth-order valence-corrected chi connectivity index (χ4v) is 4.72. The molecule has 3 aromatic carbocycles. The molecule has 2 N–H and O–H groups in total. The predicted octanol–water partition coefficient (Wildman–Crippen LogP) is 5.30. The molecular formula is C27H25F3N2O5S. The zero-order valence-corrected chi connectivity index (χ0v) is 21.3. The monoisotopic (exact) mass is 546 g/mol. The van der Waals surface area contributed by atoms with Crippen molar-refractivity contribution in [2.24, 2.45) is 5.92 Å². The van der Waals surface area contributed by atoms with Crippen LogP contribution in [0, 0.1) is 5.92 Å². The summed E-state index contributed by atoms with van der Waals surface area (Å²) in [5, 5.41) is 10.6. The Balaban J connectivity index is 1.58. The zero-order chi connectivity index (χ0) is 27.4. The molecule has 4 rings (SSSR count). The third-order valence-corrected chi connectivity index (χ3v) is 6.86. The highest BCUT2D eigenvalue weighted by molar-refractivity contribution is 7.80. The van der Waals surface area contributed by atoms with Crippen LogP contribution in [0.2, 0.25) is 0 Å². The lowest BCUT2D eigenvalue weighted by Crippen LogP contribution is -2.43. The van der Waals surface area contributed by atoms with Crippen LogP contribution in [0.15, 0.2) is 66.7 Å². The molecule has 3 aromatic rings. The van der Waals surface area contributed by atoms with E-state index >= 15 is 0 Å². The SMILES string of the molecule is COc1cc(C(=S)[C@@H]2C[C@H](C(=O)NO)N(Oc3ccc(-c4ccccc4)cc3)C2)cc(C(F)(F)F)c1OC. The van der Waals surface area contributed by atoms with Crippen LogP contribution < -0.4 is 19.8 Å². The third kappa shape index (κ3) is 5.74. The van der Waals surface area contributed by atoms with Crippen LogP contribution in [-0.4, -0.2) is 47.8 Å². The molecule has 1 aliphatic heterocycles. The Kier molecular flexibility index (Phi) is 8.20. The number of nitrogens with one attached hydrogen (secondary N) is 1. The number of hydrogen-bond donors (Lipinski definition) is 2. The molecule has 1 heterocycles. The summed E-state index contributed by atoms with van der Waals surface area (Å²) in [6, 6.07) is 18.3. The third-order valence-electron chi connectivity index (χ3n) is 6.29. The highest BCUT2D eigenvalue weighted by Crippen LogP contribution is 2.43. The normalized spacial score (nSPS) is 17.6. The van der Waals surface area contributed by atoms with E-state index in [1.165, 1.54) is 18.2 Å². The molecule has 1 saturated heterocycles. The summed E-state index contributed by atoms with van der Waals surface area (Å²) in [4.78, 5) is 18.6. The summed E-state index contributed by atoms with van der Waals surface area (Å²) in [7, 11) is 2.36. The molecule has 0 spiro atoms. The molecule has 1 fully saturated rings. The Morgan fingerprint density at radius 1 is 1.03 bits per heavy atom. The van der Waals surface area contributed by atoms with E-state index in [1.54, 1.807) is 17.6 Å². The van der Waals surface area contributed by atoms with Gasteiger partial charge < -0.3 is 14.3 Å². The maximum atomic E-state index is 13.7. The maximum absolute atomic E-state index is 13.7. The summed E-state index contributed by atoms with van der Waals surface area (Å²) >= 11 is 5.57. The number of hydroxylamine groups is 3. The number of methoxy groups -OCH3 is 2. The number of rotatable bonds is 8. The number of ether oxygens (including phenoxy) is 2. The van der Waals surface area contributed by atoms with Gasteiger partial charge in [0.15, 0.2) is 11.5 Å². The average Bonchev–Trinajstić information content (AvgIpc) is 3.35. The first kappa shape index (κ1) is 27.4. The summed E-state index contributed by atoms with van der Waals surface area (Å²) in [5.41, 5.74) is 2.72. The van der Waals surface area contributed by atoms with Gasteiger partial charge in [-0.3, -0.25) is 10.0 Å². The highest BCUT2D eigenvalue weighted by Gasteiger charge is 2.42. The number of amides is 1. The molecule has 0 bridgehead atoms. The van der Waals surface area contributed by atoms with Gasteiger partial charge in [-0.1, -0.05) is 54.7 Å². The summed E-state index contributed by atoms with van der Waals surface area (Å²) in [6.45, 7) is 0.104. The van der Waals surface area contributed by atoms with E-state index in [1.807, 2.05) is 42.5 Å². The number of halogens is 3. The van der Waals surface area contributed by atoms with Crippen LogP contribution in [0.5, 0.6) is 17.2 Å². The fourth-order valence-electron chi connectivity index (χ4n) is 4.44. The molecule has 0 radical (unpaired) electrons. The molecule has 1 amide bonds. The van der Waals surface area contributed by atoms with Crippen molar-refractivity contribution in [2.75, 3.05) is 20.8 Å². The average molecular weight is 547 g/mol. The Labute approximate surface area is 222 Å². The van der Waals surface area contributed by atoms with Crippen LogP contribution in [0.1, 0.15) is 17.5 Å². The molecule has 200 valence electrons. The summed E-state index contributed by atoms with van der Waals surface area (Å²) in [5.74, 6) is -1.37. The van der Waals surface area contributed by atoms with Crippen molar-refractivity contribution in [1.29, 1.82) is 0 Å². The van der Waals surface area contributed by atoms with Crippen molar-refractivity contribution in [3.05, 3.63) is 77.9 Å². The van der Waals surface area contributed by atoms with E-state index in [9.17, 15) is 23.2 Å². The van der Waals surface area contributed by atoms with Crippen LogP contribution in [0.25, 0.3) is 11.1 Å². The van der Waals surface area contributed by atoms with E-state index in [-0.39, 0.29) is 29.1 Å². The molecule has 7 nitrogen and oxygen atoms in total. The maximum Gasteiger partial charge on any atom is 0.420 e. The topological polar surface area (TPSA) is 80.3 Å². The molecule has 1 aliphatic rings. The standard InChI is InChI=1S/C27H25F3N2O5S/c1-35-23-14-18(12-21(24(23)36-2)27(28,29)30)25(38)19-13-22(26(33)31-34)32(15-19)37-20-10-8-17(9-11-20)16-6-4-3-5-7-16/h3-12,14,19,22,34H,13,15H2,1-2H3,(H,31,33)/t19-,22-/m1/s1. The van der Waals surface area contributed by atoms with Gasteiger partial charge in [-0.15, -0.1) is 5.06 Å². The lowest BCUT2D eigenvalue weighted by Gasteiger charge is -2.22. The summed E-state index contributed by atoms with van der Waals surface area (Å²) < 4.78 is 51.3. The number of nitrogens with zero attached hydrogens (tertiary/aromatic N) is 1. The quantitative estimate of drug-likeness (QED) is 0.172. The second kappa shape index (κ2) is 11.4. The Morgan fingerprint density at radius 3 is 2.26 bits per heavy atom. The molecular weight excluding hydrogens is 521 g/mol. The van der Waals surface area contributed by atoms with Crippen molar-refractivity contribution in [1.82, 2.24) is 10.5 Å². The number of carbonyl (C=O) groups excluding carboxylic acids is 1. The molecule has 0 aliphatic carbocycles. The minimum Gasteiger partial charge on any atom is -0.493 e. The Hall–Kier alpha value is -3.67. The van der Waals surface area contributed by atoms with Crippen molar-refractivity contribution < 1.29 is 37.5 Å². The van der Waals surface area contributed by atoms with Crippen molar-refractivity contribution in [3.63, 3.8) is 0 Å². The van der Waals surface area contributed by atoms with Crippen molar-refractivity contribution in [2.45, 2.75) is 18.6 Å². The van der Waals surface area contributed by atoms with E-state index in [0.717, 1.165) is 24.3 Å². The first-order valence-corrected chi connectivity index (χ1v) is 12.0. The molecule has 2 atom stereocenters. The number of benzene rings is 3. The Bertz CT molecular complexity index is 1300. The second-order valence-corrected chi connectivity index (χ2v) is 9.07. The van der Waals surface area contributed by atoms with Gasteiger partial charge in [-0.2, -0.15) is 13.2 Å². The van der Waals surface area contributed by atoms with Gasteiger partial charge in [-0.05, 0) is 47.4 Å². The van der Waals surface area contributed by atoms with Crippen LogP contribution in [0.3, 0.4) is 0 Å².